The smallest absolute Gasteiger partial charge is 0.254 e. The topological polar surface area (TPSA) is 97.7 Å². The first kappa shape index (κ1) is 27.0. The first-order chi connectivity index (χ1) is 18.7. The molecule has 1 aromatic carbocycles. The number of amides is 1. The molecule has 39 heavy (non-hydrogen) atoms. The van der Waals surface area contributed by atoms with Gasteiger partial charge in [-0.25, -0.2) is 15.0 Å². The summed E-state index contributed by atoms with van der Waals surface area (Å²) >= 11 is 1.51. The van der Waals surface area contributed by atoms with Crippen molar-refractivity contribution >= 4 is 50.0 Å². The molecule has 0 spiro atoms. The van der Waals surface area contributed by atoms with Crippen LogP contribution in [-0.4, -0.2) is 81.1 Å². The molecule has 3 aromatic heterocycles. The molecular formula is C29H35N7O2S. The molecule has 0 saturated carbocycles. The first-order valence-electron chi connectivity index (χ1n) is 13.2. The van der Waals surface area contributed by atoms with Crippen molar-refractivity contribution in [2.24, 2.45) is 0 Å². The number of nitrogens with zero attached hydrogens (tertiary/aromatic N) is 6. The maximum Gasteiger partial charge on any atom is 0.254 e. The zero-order chi connectivity index (χ0) is 27.6. The fourth-order valence-corrected chi connectivity index (χ4v) is 5.44. The number of anilines is 4. The molecule has 0 atom stereocenters. The van der Waals surface area contributed by atoms with Crippen molar-refractivity contribution in [3.05, 3.63) is 65.9 Å². The van der Waals surface area contributed by atoms with Crippen LogP contribution < -0.4 is 10.2 Å². The van der Waals surface area contributed by atoms with Gasteiger partial charge in [-0.3, -0.25) is 9.69 Å². The van der Waals surface area contributed by atoms with Crippen LogP contribution in [0.5, 0.6) is 0 Å². The van der Waals surface area contributed by atoms with Crippen LogP contribution in [0.4, 0.5) is 22.5 Å². The van der Waals surface area contributed by atoms with Crippen LogP contribution in [0.15, 0.2) is 54.7 Å². The summed E-state index contributed by atoms with van der Waals surface area (Å²) < 4.78 is 0. The van der Waals surface area contributed by atoms with E-state index >= 15 is 0 Å². The van der Waals surface area contributed by atoms with E-state index in [1.807, 2.05) is 31.4 Å². The van der Waals surface area contributed by atoms with Crippen molar-refractivity contribution in [3.8, 4) is 0 Å². The number of hydrogen-bond donors (Lipinski definition) is 2. The van der Waals surface area contributed by atoms with E-state index in [1.54, 1.807) is 18.7 Å². The SMILES string of the molecule is Cc1ccc(N(C)c2ccc3nc(Nc4cc(CCN5CCN(C(=O)C(C)(C)O)CC5)ccn4)sc3n2)cc1. The second-order valence-corrected chi connectivity index (χ2v) is 11.5. The Labute approximate surface area is 233 Å². The summed E-state index contributed by atoms with van der Waals surface area (Å²) in [6.07, 6.45) is 2.70. The Morgan fingerprint density at radius 2 is 1.82 bits per heavy atom. The molecule has 1 amide bonds. The van der Waals surface area contributed by atoms with Crippen LogP contribution in [0.25, 0.3) is 10.3 Å². The normalized spacial score (nSPS) is 14.5. The maximum atomic E-state index is 12.3. The number of piperazine rings is 1. The second-order valence-electron chi connectivity index (χ2n) is 10.5. The number of aliphatic hydroxyl groups is 1. The highest BCUT2D eigenvalue weighted by molar-refractivity contribution is 7.21. The Morgan fingerprint density at radius 1 is 1.08 bits per heavy atom. The molecule has 4 heterocycles. The molecule has 9 nitrogen and oxygen atoms in total. The van der Waals surface area contributed by atoms with E-state index in [4.69, 9.17) is 9.97 Å². The van der Waals surface area contributed by atoms with Crippen molar-refractivity contribution in [2.45, 2.75) is 32.8 Å². The molecule has 4 aromatic rings. The predicted molar refractivity (Wildman–Crippen MR) is 157 cm³/mol. The Bertz CT molecular complexity index is 1440. The minimum Gasteiger partial charge on any atom is -0.381 e. The molecule has 1 fully saturated rings. The van der Waals surface area contributed by atoms with Crippen LogP contribution in [-0.2, 0) is 11.2 Å². The van der Waals surface area contributed by atoms with Gasteiger partial charge in [-0.1, -0.05) is 29.0 Å². The van der Waals surface area contributed by atoms with Crippen molar-refractivity contribution in [1.82, 2.24) is 24.8 Å². The zero-order valence-electron chi connectivity index (χ0n) is 22.9. The van der Waals surface area contributed by atoms with E-state index in [9.17, 15) is 9.90 Å². The van der Waals surface area contributed by atoms with Crippen LogP contribution in [0, 0.1) is 6.92 Å². The summed E-state index contributed by atoms with van der Waals surface area (Å²) in [6, 6.07) is 16.5. The number of rotatable bonds is 8. The monoisotopic (exact) mass is 545 g/mol. The van der Waals surface area contributed by atoms with Gasteiger partial charge in [0.05, 0.1) is 0 Å². The minimum absolute atomic E-state index is 0.202. The van der Waals surface area contributed by atoms with E-state index in [2.05, 4.69) is 57.4 Å². The number of pyridine rings is 2. The largest absolute Gasteiger partial charge is 0.381 e. The Hall–Kier alpha value is -3.60. The third kappa shape index (κ3) is 6.52. The number of fused-ring (bicyclic) bond motifs is 1. The lowest BCUT2D eigenvalue weighted by Crippen LogP contribution is -2.54. The standard InChI is InChI=1S/C29H35N7O2S/c1-20-5-7-22(8-6-20)34(4)25-10-9-23-26(33-25)39-28(31-23)32-24-19-21(11-13-30-24)12-14-35-15-17-36(18-16-35)27(37)29(2,3)38/h5-11,13,19,38H,12,14-18H2,1-4H3,(H,30,31,32). The summed E-state index contributed by atoms with van der Waals surface area (Å²) in [5.74, 6) is 1.42. The van der Waals surface area contributed by atoms with Gasteiger partial charge < -0.3 is 20.2 Å². The number of aryl methyl sites for hydroxylation is 1. The highest BCUT2D eigenvalue weighted by atomic mass is 32.1. The van der Waals surface area contributed by atoms with Crippen molar-refractivity contribution in [3.63, 3.8) is 0 Å². The van der Waals surface area contributed by atoms with Crippen LogP contribution in [0.1, 0.15) is 25.0 Å². The Kier molecular flexibility index (Phi) is 7.79. The van der Waals surface area contributed by atoms with Gasteiger partial charge in [0, 0.05) is 51.7 Å². The van der Waals surface area contributed by atoms with Gasteiger partial charge in [0.15, 0.2) is 5.13 Å². The van der Waals surface area contributed by atoms with Crippen molar-refractivity contribution in [1.29, 1.82) is 0 Å². The molecule has 5 rings (SSSR count). The number of carbonyl (C=O) groups is 1. The van der Waals surface area contributed by atoms with E-state index in [1.165, 1.54) is 22.5 Å². The number of hydrogen-bond acceptors (Lipinski definition) is 9. The summed E-state index contributed by atoms with van der Waals surface area (Å²) in [6.45, 7) is 8.96. The molecule has 2 N–H and O–H groups in total. The number of carbonyl (C=O) groups excluding carboxylic acids is 1. The molecule has 204 valence electrons. The molecule has 0 bridgehead atoms. The van der Waals surface area contributed by atoms with Crippen molar-refractivity contribution < 1.29 is 9.90 Å². The van der Waals surface area contributed by atoms with E-state index < -0.39 is 5.60 Å². The second kappa shape index (κ2) is 11.3. The quantitative estimate of drug-likeness (QED) is 0.337. The Balaban J connectivity index is 1.18. The fraction of sp³-hybridized carbons (Fsp3) is 0.379. The van der Waals surface area contributed by atoms with Crippen molar-refractivity contribution in [2.75, 3.05) is 50.0 Å². The lowest BCUT2D eigenvalue weighted by Gasteiger charge is -2.37. The number of thiazole rings is 1. The van der Waals surface area contributed by atoms with Crippen LogP contribution in [0.3, 0.4) is 0 Å². The Morgan fingerprint density at radius 3 is 2.54 bits per heavy atom. The van der Waals surface area contributed by atoms with E-state index in [0.717, 1.165) is 58.9 Å². The molecule has 0 aliphatic carbocycles. The fourth-order valence-electron chi connectivity index (χ4n) is 4.60. The summed E-state index contributed by atoms with van der Waals surface area (Å²) in [4.78, 5) is 33.4. The summed E-state index contributed by atoms with van der Waals surface area (Å²) in [5.41, 5.74) is 3.03. The molecule has 1 saturated heterocycles. The van der Waals surface area contributed by atoms with Gasteiger partial charge in [-0.15, -0.1) is 0 Å². The molecular weight excluding hydrogens is 510 g/mol. The maximum absolute atomic E-state index is 12.3. The number of aromatic nitrogens is 3. The molecule has 1 aliphatic heterocycles. The molecule has 0 unspecified atom stereocenters. The van der Waals surface area contributed by atoms with Gasteiger partial charge in [0.2, 0.25) is 0 Å². The van der Waals surface area contributed by atoms with Crippen LogP contribution in [0.2, 0.25) is 0 Å². The average Bonchev–Trinajstić information content (AvgIpc) is 3.33. The zero-order valence-corrected chi connectivity index (χ0v) is 23.7. The van der Waals surface area contributed by atoms with Gasteiger partial charge in [-0.05, 0) is 69.2 Å². The lowest BCUT2D eigenvalue weighted by atomic mass is 10.1. The number of benzene rings is 1. The molecule has 0 radical (unpaired) electrons. The summed E-state index contributed by atoms with van der Waals surface area (Å²) in [5, 5.41) is 14.1. The first-order valence-corrected chi connectivity index (χ1v) is 14.0. The highest BCUT2D eigenvalue weighted by Crippen LogP contribution is 2.30. The molecule has 10 heteroatoms. The minimum atomic E-state index is -1.32. The van der Waals surface area contributed by atoms with Crippen LogP contribution >= 0.6 is 11.3 Å². The van der Waals surface area contributed by atoms with E-state index in [-0.39, 0.29) is 5.91 Å². The lowest BCUT2D eigenvalue weighted by molar-refractivity contribution is -0.149. The summed E-state index contributed by atoms with van der Waals surface area (Å²) in [7, 11) is 2.02. The van der Waals surface area contributed by atoms with Gasteiger partial charge in [0.1, 0.15) is 27.6 Å². The third-order valence-corrected chi connectivity index (χ3v) is 7.85. The average molecular weight is 546 g/mol. The van der Waals surface area contributed by atoms with E-state index in [0.29, 0.717) is 13.1 Å². The third-order valence-electron chi connectivity index (χ3n) is 6.96. The highest BCUT2D eigenvalue weighted by Gasteiger charge is 2.31. The van der Waals surface area contributed by atoms with Gasteiger partial charge in [-0.2, -0.15) is 0 Å². The van der Waals surface area contributed by atoms with Gasteiger partial charge >= 0.3 is 0 Å². The van der Waals surface area contributed by atoms with Gasteiger partial charge in [0.25, 0.3) is 5.91 Å². The number of nitrogens with one attached hydrogen (secondary N) is 1. The predicted octanol–water partition coefficient (Wildman–Crippen LogP) is 4.36. The molecule has 1 aliphatic rings.